The Morgan fingerprint density at radius 2 is 1.85 bits per heavy atom. The van der Waals surface area contributed by atoms with Crippen LogP contribution in [0, 0.1) is 5.82 Å². The number of carbonyl (C=O) groups excluding carboxylic acids is 1. The molecular formula is C19H18FN3O3. The lowest BCUT2D eigenvalue weighted by atomic mass is 10.3. The predicted molar refractivity (Wildman–Crippen MR) is 95.6 cm³/mol. The van der Waals surface area contributed by atoms with Crippen molar-refractivity contribution < 1.29 is 18.7 Å². The number of ether oxygens (including phenoxy) is 2. The largest absolute Gasteiger partial charge is 0.497 e. The molecule has 0 radical (unpaired) electrons. The third kappa shape index (κ3) is 3.83. The first kappa shape index (κ1) is 17.5. The predicted octanol–water partition coefficient (Wildman–Crippen LogP) is 3.67. The van der Waals surface area contributed by atoms with Gasteiger partial charge in [0.2, 0.25) is 0 Å². The van der Waals surface area contributed by atoms with Crippen LogP contribution in [0.15, 0.2) is 54.7 Å². The smallest absolute Gasteiger partial charge is 0.280 e. The van der Waals surface area contributed by atoms with E-state index in [1.54, 1.807) is 49.7 Å². The lowest BCUT2D eigenvalue weighted by Crippen LogP contribution is -2.14. The number of benzene rings is 2. The summed E-state index contributed by atoms with van der Waals surface area (Å²) in [7, 11) is 1.57. The quantitative estimate of drug-likeness (QED) is 0.733. The molecule has 0 saturated heterocycles. The number of nitrogens with zero attached hydrogens (tertiary/aromatic N) is 2. The summed E-state index contributed by atoms with van der Waals surface area (Å²) in [5.74, 6) is 0.296. The number of hydrogen-bond acceptors (Lipinski definition) is 4. The highest BCUT2D eigenvalue weighted by atomic mass is 19.1. The van der Waals surface area contributed by atoms with Crippen LogP contribution in [0.4, 0.5) is 10.1 Å². The van der Waals surface area contributed by atoms with Gasteiger partial charge >= 0.3 is 0 Å². The molecule has 26 heavy (non-hydrogen) atoms. The van der Waals surface area contributed by atoms with Crippen molar-refractivity contribution in [2.24, 2.45) is 0 Å². The van der Waals surface area contributed by atoms with Crippen LogP contribution in [-0.4, -0.2) is 29.4 Å². The van der Waals surface area contributed by atoms with Crippen LogP contribution >= 0.6 is 0 Å². The van der Waals surface area contributed by atoms with Crippen LogP contribution in [0.25, 0.3) is 5.69 Å². The topological polar surface area (TPSA) is 65.4 Å². The molecule has 0 unspecified atom stereocenters. The number of carbonyl (C=O) groups is 1. The van der Waals surface area contributed by atoms with Crippen molar-refractivity contribution in [1.82, 2.24) is 9.78 Å². The molecule has 1 aromatic heterocycles. The van der Waals surface area contributed by atoms with Crippen LogP contribution in [0.1, 0.15) is 17.4 Å². The normalized spacial score (nSPS) is 10.4. The third-order valence-electron chi connectivity index (χ3n) is 3.63. The van der Waals surface area contributed by atoms with Gasteiger partial charge in [0.15, 0.2) is 11.4 Å². The number of methoxy groups -OCH3 is 1. The van der Waals surface area contributed by atoms with E-state index in [4.69, 9.17) is 9.47 Å². The Balaban J connectivity index is 1.86. The highest BCUT2D eigenvalue weighted by molar-refractivity contribution is 6.04. The SMILES string of the molecule is CCOc1cn(-c2ccc(F)cc2)nc1C(=O)Nc1ccc(OC)cc1. The summed E-state index contributed by atoms with van der Waals surface area (Å²) in [5, 5.41) is 7.06. The molecule has 0 atom stereocenters. The van der Waals surface area contributed by atoms with Crippen molar-refractivity contribution >= 4 is 11.6 Å². The zero-order chi connectivity index (χ0) is 18.5. The molecule has 0 aliphatic rings. The Hall–Kier alpha value is -3.35. The molecule has 3 aromatic rings. The first-order valence-electron chi connectivity index (χ1n) is 8.04. The van der Waals surface area contributed by atoms with Gasteiger partial charge in [-0.3, -0.25) is 4.79 Å². The van der Waals surface area contributed by atoms with Gasteiger partial charge in [-0.2, -0.15) is 5.10 Å². The number of rotatable bonds is 6. The summed E-state index contributed by atoms with van der Waals surface area (Å²) < 4.78 is 25.2. The Morgan fingerprint density at radius 1 is 1.15 bits per heavy atom. The minimum atomic E-state index is -0.403. The Labute approximate surface area is 150 Å². The Morgan fingerprint density at radius 3 is 2.46 bits per heavy atom. The lowest BCUT2D eigenvalue weighted by Gasteiger charge is -2.06. The van der Waals surface area contributed by atoms with Crippen molar-refractivity contribution in [1.29, 1.82) is 0 Å². The van der Waals surface area contributed by atoms with Crippen molar-refractivity contribution in [3.8, 4) is 17.2 Å². The summed E-state index contributed by atoms with van der Waals surface area (Å²) in [6, 6.07) is 12.8. The molecule has 7 heteroatoms. The number of aromatic nitrogens is 2. The van der Waals surface area contributed by atoms with Crippen LogP contribution in [0.5, 0.6) is 11.5 Å². The van der Waals surface area contributed by atoms with Gasteiger partial charge in [0.1, 0.15) is 11.6 Å². The molecule has 134 valence electrons. The molecule has 0 spiro atoms. The molecule has 0 aliphatic heterocycles. The molecule has 1 amide bonds. The van der Waals surface area contributed by atoms with E-state index < -0.39 is 5.91 Å². The first-order valence-corrected chi connectivity index (χ1v) is 8.04. The molecule has 2 aromatic carbocycles. The van der Waals surface area contributed by atoms with Crippen molar-refractivity contribution in [3.05, 3.63) is 66.2 Å². The van der Waals surface area contributed by atoms with Gasteiger partial charge in [-0.15, -0.1) is 0 Å². The van der Waals surface area contributed by atoms with E-state index in [9.17, 15) is 9.18 Å². The van der Waals surface area contributed by atoms with Gasteiger partial charge in [0.05, 0.1) is 25.6 Å². The standard InChI is InChI=1S/C19H18FN3O3/c1-3-26-17-12-23(15-8-4-13(20)5-9-15)22-18(17)19(24)21-14-6-10-16(25-2)11-7-14/h4-12H,3H2,1-2H3,(H,21,24). The summed E-state index contributed by atoms with van der Waals surface area (Å²) in [4.78, 5) is 12.6. The van der Waals surface area contributed by atoms with Gasteiger partial charge in [-0.25, -0.2) is 9.07 Å². The zero-order valence-corrected chi connectivity index (χ0v) is 14.4. The van der Waals surface area contributed by atoms with Crippen LogP contribution < -0.4 is 14.8 Å². The Bertz CT molecular complexity index is 889. The van der Waals surface area contributed by atoms with Crippen molar-refractivity contribution in [2.75, 3.05) is 19.0 Å². The van der Waals surface area contributed by atoms with E-state index in [2.05, 4.69) is 10.4 Å². The average molecular weight is 355 g/mol. The summed E-state index contributed by atoms with van der Waals surface area (Å²) >= 11 is 0. The second-order valence-electron chi connectivity index (χ2n) is 5.38. The number of amides is 1. The third-order valence-corrected chi connectivity index (χ3v) is 3.63. The van der Waals surface area contributed by atoms with Crippen molar-refractivity contribution in [2.45, 2.75) is 6.92 Å². The molecule has 0 bridgehead atoms. The van der Waals surface area contributed by atoms with Gasteiger partial charge in [0, 0.05) is 5.69 Å². The molecule has 0 fully saturated rings. The molecule has 1 N–H and O–H groups in total. The maximum Gasteiger partial charge on any atom is 0.280 e. The van der Waals surface area contributed by atoms with E-state index >= 15 is 0 Å². The Kier molecular flexibility index (Phi) is 5.17. The fraction of sp³-hybridized carbons (Fsp3) is 0.158. The minimum Gasteiger partial charge on any atom is -0.497 e. The monoisotopic (exact) mass is 355 g/mol. The number of anilines is 1. The molecule has 6 nitrogen and oxygen atoms in total. The summed E-state index contributed by atoms with van der Waals surface area (Å²) in [5.41, 5.74) is 1.37. The van der Waals surface area contributed by atoms with Gasteiger partial charge in [-0.1, -0.05) is 0 Å². The van der Waals surface area contributed by atoms with E-state index in [0.29, 0.717) is 29.5 Å². The molecule has 0 saturated carbocycles. The van der Waals surface area contributed by atoms with Crippen LogP contribution in [0.3, 0.4) is 0 Å². The van der Waals surface area contributed by atoms with E-state index in [1.807, 2.05) is 6.92 Å². The van der Waals surface area contributed by atoms with Gasteiger partial charge in [-0.05, 0) is 55.5 Å². The van der Waals surface area contributed by atoms with E-state index in [-0.39, 0.29) is 11.5 Å². The maximum absolute atomic E-state index is 13.1. The maximum atomic E-state index is 13.1. The number of nitrogens with one attached hydrogen (secondary N) is 1. The van der Waals surface area contributed by atoms with Crippen LogP contribution in [0.2, 0.25) is 0 Å². The van der Waals surface area contributed by atoms with E-state index in [1.165, 1.54) is 16.8 Å². The highest BCUT2D eigenvalue weighted by Gasteiger charge is 2.19. The summed E-state index contributed by atoms with van der Waals surface area (Å²) in [6.45, 7) is 2.21. The molecule has 1 heterocycles. The number of hydrogen-bond donors (Lipinski definition) is 1. The minimum absolute atomic E-state index is 0.145. The lowest BCUT2D eigenvalue weighted by molar-refractivity contribution is 0.101. The molecule has 3 rings (SSSR count). The number of halogens is 1. The first-order chi connectivity index (χ1) is 12.6. The molecular weight excluding hydrogens is 337 g/mol. The fourth-order valence-electron chi connectivity index (χ4n) is 2.37. The summed E-state index contributed by atoms with van der Waals surface area (Å²) in [6.07, 6.45) is 1.60. The zero-order valence-electron chi connectivity index (χ0n) is 14.4. The van der Waals surface area contributed by atoms with Gasteiger partial charge < -0.3 is 14.8 Å². The fourth-order valence-corrected chi connectivity index (χ4v) is 2.37. The second kappa shape index (κ2) is 7.69. The van der Waals surface area contributed by atoms with Crippen molar-refractivity contribution in [3.63, 3.8) is 0 Å². The van der Waals surface area contributed by atoms with Crippen LogP contribution in [-0.2, 0) is 0 Å². The van der Waals surface area contributed by atoms with Gasteiger partial charge in [0.25, 0.3) is 5.91 Å². The molecule has 0 aliphatic carbocycles. The second-order valence-corrected chi connectivity index (χ2v) is 5.38. The highest BCUT2D eigenvalue weighted by Crippen LogP contribution is 2.22. The average Bonchev–Trinajstić information content (AvgIpc) is 3.07. The van der Waals surface area contributed by atoms with E-state index in [0.717, 1.165) is 0 Å².